The maximum absolute atomic E-state index is 12.8. The van der Waals surface area contributed by atoms with Gasteiger partial charge in [-0.05, 0) is 45.0 Å². The van der Waals surface area contributed by atoms with Gasteiger partial charge in [0.25, 0.3) is 0 Å². The van der Waals surface area contributed by atoms with Gasteiger partial charge in [-0.3, -0.25) is 14.4 Å². The maximum Gasteiger partial charge on any atom is 0.224 e. The molecule has 1 aromatic carbocycles. The lowest BCUT2D eigenvalue weighted by atomic mass is 9.75. The smallest absolute Gasteiger partial charge is 0.224 e. The van der Waals surface area contributed by atoms with Crippen molar-refractivity contribution in [1.29, 1.82) is 0 Å². The highest BCUT2D eigenvalue weighted by molar-refractivity contribution is 5.79. The van der Waals surface area contributed by atoms with Gasteiger partial charge in [0.05, 0.1) is 18.2 Å². The number of benzene rings is 1. The zero-order valence-electron chi connectivity index (χ0n) is 16.8. The molecule has 1 amide bonds. The quantitative estimate of drug-likeness (QED) is 0.783. The zero-order valence-corrected chi connectivity index (χ0v) is 16.8. The van der Waals surface area contributed by atoms with E-state index in [4.69, 9.17) is 0 Å². The summed E-state index contributed by atoms with van der Waals surface area (Å²) in [5.41, 5.74) is 2.15. The van der Waals surface area contributed by atoms with E-state index in [-0.39, 0.29) is 11.8 Å². The molecule has 4 atom stereocenters. The third-order valence-electron chi connectivity index (χ3n) is 5.99. The van der Waals surface area contributed by atoms with Crippen molar-refractivity contribution >= 4 is 5.91 Å². The number of nitrogens with one attached hydrogen (secondary N) is 1. The Hall–Kier alpha value is -2.25. The van der Waals surface area contributed by atoms with Gasteiger partial charge in [0.1, 0.15) is 0 Å². The number of hydrogen-bond donors (Lipinski definition) is 1. The number of piperidine rings is 3. The van der Waals surface area contributed by atoms with Crippen LogP contribution in [-0.4, -0.2) is 63.9 Å². The van der Waals surface area contributed by atoms with E-state index in [0.717, 1.165) is 50.3 Å². The first kappa shape index (κ1) is 19.1. The molecule has 150 valence electrons. The first-order chi connectivity index (χ1) is 13.6. The Morgan fingerprint density at radius 3 is 2.82 bits per heavy atom. The van der Waals surface area contributed by atoms with Crippen molar-refractivity contribution in [2.24, 2.45) is 11.8 Å². The fourth-order valence-electron chi connectivity index (χ4n) is 4.58. The Balaban J connectivity index is 1.31. The van der Waals surface area contributed by atoms with Crippen molar-refractivity contribution in [1.82, 2.24) is 30.1 Å². The molecule has 3 aliphatic rings. The summed E-state index contributed by atoms with van der Waals surface area (Å²) in [6.45, 7) is 4.21. The molecule has 0 aliphatic carbocycles. The van der Waals surface area contributed by atoms with Crippen molar-refractivity contribution in [2.45, 2.75) is 38.5 Å². The summed E-state index contributed by atoms with van der Waals surface area (Å²) >= 11 is 0. The van der Waals surface area contributed by atoms with Gasteiger partial charge >= 0.3 is 0 Å². The summed E-state index contributed by atoms with van der Waals surface area (Å²) in [6, 6.07) is 10.6. The van der Waals surface area contributed by atoms with Crippen LogP contribution in [0.3, 0.4) is 0 Å². The van der Waals surface area contributed by atoms with Gasteiger partial charge in [0.15, 0.2) is 0 Å². The van der Waals surface area contributed by atoms with E-state index in [1.54, 1.807) is 0 Å². The first-order valence-electron chi connectivity index (χ1n) is 10.2. The number of amides is 1. The van der Waals surface area contributed by atoms with Crippen LogP contribution in [0.1, 0.15) is 24.1 Å². The molecular weight excluding hydrogens is 352 g/mol. The summed E-state index contributed by atoms with van der Waals surface area (Å²) in [5.74, 6) is 0.773. The normalized spacial score (nSPS) is 26.5. The average Bonchev–Trinajstić information content (AvgIpc) is 3.13. The minimum atomic E-state index is 0.105. The van der Waals surface area contributed by atoms with Crippen LogP contribution in [0.2, 0.25) is 0 Å². The fraction of sp³-hybridized carbons (Fsp3) is 0.571. The molecule has 4 heterocycles. The zero-order chi connectivity index (χ0) is 19.5. The Kier molecular flexibility index (Phi) is 5.73. The molecule has 2 aromatic rings. The summed E-state index contributed by atoms with van der Waals surface area (Å²) < 4.78 is 1.97. The monoisotopic (exact) mass is 382 g/mol. The number of hydrogen-bond acceptors (Lipinski definition) is 5. The van der Waals surface area contributed by atoms with Crippen LogP contribution in [0, 0.1) is 11.8 Å². The van der Waals surface area contributed by atoms with Crippen molar-refractivity contribution in [3.05, 3.63) is 47.8 Å². The van der Waals surface area contributed by atoms with Crippen LogP contribution in [0.5, 0.6) is 0 Å². The van der Waals surface area contributed by atoms with Crippen molar-refractivity contribution in [2.75, 3.05) is 27.2 Å². The molecule has 0 spiro atoms. The van der Waals surface area contributed by atoms with E-state index in [9.17, 15) is 4.79 Å². The number of rotatable bonds is 7. The minimum absolute atomic E-state index is 0.105. The largest absolute Gasteiger partial charge is 0.352 e. The standard InChI is InChI=1S/C21H30N6O/c1-25(2)12-18-13-27(24-23-18)14-19-10-17-8-9-26(19)15-20(17)21(28)22-11-16-6-4-3-5-7-16/h3-7,13,17,19-20H,8-12,14-15H2,1-2H3,(H,22,28)/t17?,19-,20+/m1/s1. The molecular formula is C21H30N6O. The van der Waals surface area contributed by atoms with E-state index in [2.05, 4.69) is 37.6 Å². The van der Waals surface area contributed by atoms with E-state index in [1.807, 2.05) is 43.2 Å². The molecule has 28 heavy (non-hydrogen) atoms. The molecule has 1 aromatic heterocycles. The Morgan fingerprint density at radius 2 is 2.11 bits per heavy atom. The molecule has 2 unspecified atom stereocenters. The molecule has 3 fully saturated rings. The lowest BCUT2D eigenvalue weighted by molar-refractivity contribution is -0.133. The molecule has 3 saturated heterocycles. The van der Waals surface area contributed by atoms with Gasteiger partial charge in [-0.15, -0.1) is 5.10 Å². The summed E-state index contributed by atoms with van der Waals surface area (Å²) in [7, 11) is 4.07. The van der Waals surface area contributed by atoms with Crippen LogP contribution in [-0.2, 0) is 24.4 Å². The summed E-state index contributed by atoms with van der Waals surface area (Å²) in [6.07, 6.45) is 4.23. The van der Waals surface area contributed by atoms with Crippen LogP contribution in [0.15, 0.2) is 36.5 Å². The van der Waals surface area contributed by atoms with E-state index >= 15 is 0 Å². The average molecular weight is 383 g/mol. The highest BCUT2D eigenvalue weighted by Crippen LogP contribution is 2.37. The Labute approximate surface area is 166 Å². The van der Waals surface area contributed by atoms with Crippen LogP contribution < -0.4 is 5.32 Å². The topological polar surface area (TPSA) is 66.3 Å². The molecule has 0 saturated carbocycles. The minimum Gasteiger partial charge on any atom is -0.352 e. The van der Waals surface area contributed by atoms with Gasteiger partial charge in [0, 0.05) is 31.9 Å². The number of carbonyl (C=O) groups is 1. The van der Waals surface area contributed by atoms with Gasteiger partial charge < -0.3 is 10.2 Å². The summed E-state index contributed by atoms with van der Waals surface area (Å²) in [5, 5.41) is 11.7. The lowest BCUT2D eigenvalue weighted by Gasteiger charge is -2.49. The second-order valence-electron chi connectivity index (χ2n) is 8.41. The highest BCUT2D eigenvalue weighted by Gasteiger charge is 2.43. The molecule has 7 heteroatoms. The van der Waals surface area contributed by atoms with Crippen molar-refractivity contribution in [3.8, 4) is 0 Å². The van der Waals surface area contributed by atoms with E-state index < -0.39 is 0 Å². The molecule has 0 radical (unpaired) electrons. The van der Waals surface area contributed by atoms with Gasteiger partial charge in [-0.25, -0.2) is 0 Å². The van der Waals surface area contributed by atoms with Crippen LogP contribution in [0.25, 0.3) is 0 Å². The predicted octanol–water partition coefficient (Wildman–Crippen LogP) is 1.37. The van der Waals surface area contributed by atoms with Gasteiger partial charge in [-0.2, -0.15) is 0 Å². The molecule has 5 rings (SSSR count). The summed E-state index contributed by atoms with van der Waals surface area (Å²) in [4.78, 5) is 17.3. The second kappa shape index (κ2) is 8.41. The van der Waals surface area contributed by atoms with Crippen molar-refractivity contribution in [3.63, 3.8) is 0 Å². The molecule has 2 bridgehead atoms. The fourth-order valence-corrected chi connectivity index (χ4v) is 4.58. The molecule has 1 N–H and O–H groups in total. The first-order valence-corrected chi connectivity index (χ1v) is 10.2. The number of aromatic nitrogens is 3. The van der Waals surface area contributed by atoms with E-state index in [1.165, 1.54) is 0 Å². The SMILES string of the molecule is CN(C)Cc1cn(C[C@H]2CC3CCN2C[C@@H]3C(=O)NCc2ccccc2)nn1. The highest BCUT2D eigenvalue weighted by atomic mass is 16.1. The lowest BCUT2D eigenvalue weighted by Crippen LogP contribution is -2.58. The molecule has 3 aliphatic heterocycles. The van der Waals surface area contributed by atoms with Gasteiger partial charge in [-0.1, -0.05) is 35.5 Å². The van der Waals surface area contributed by atoms with Crippen LogP contribution >= 0.6 is 0 Å². The molecule has 7 nitrogen and oxygen atoms in total. The van der Waals surface area contributed by atoms with Crippen LogP contribution in [0.4, 0.5) is 0 Å². The third kappa shape index (κ3) is 4.42. The Morgan fingerprint density at radius 1 is 1.29 bits per heavy atom. The third-order valence-corrected chi connectivity index (χ3v) is 5.99. The number of nitrogens with zero attached hydrogens (tertiary/aromatic N) is 5. The second-order valence-corrected chi connectivity index (χ2v) is 8.41. The predicted molar refractivity (Wildman–Crippen MR) is 107 cm³/mol. The van der Waals surface area contributed by atoms with E-state index in [0.29, 0.717) is 18.5 Å². The van der Waals surface area contributed by atoms with Crippen molar-refractivity contribution < 1.29 is 4.79 Å². The number of carbonyl (C=O) groups excluding carboxylic acids is 1. The Bertz CT molecular complexity index is 789. The maximum atomic E-state index is 12.8. The number of fused-ring (bicyclic) bond motifs is 3. The van der Waals surface area contributed by atoms with Gasteiger partial charge in [0.2, 0.25) is 5.91 Å².